The lowest BCUT2D eigenvalue weighted by Crippen LogP contribution is -2.35. The van der Waals surface area contributed by atoms with Gasteiger partial charge in [-0.05, 0) is 11.1 Å². The monoisotopic (exact) mass is 289 g/mol. The van der Waals surface area contributed by atoms with E-state index in [1.54, 1.807) is 0 Å². The Hall–Kier alpha value is -2.09. The van der Waals surface area contributed by atoms with Crippen LogP contribution >= 0.6 is 0 Å². The smallest absolute Gasteiger partial charge is 0.379 e. The van der Waals surface area contributed by atoms with Crippen LogP contribution in [0.2, 0.25) is 0 Å². The van der Waals surface area contributed by atoms with Crippen molar-refractivity contribution in [3.05, 3.63) is 35.4 Å². The van der Waals surface area contributed by atoms with Crippen LogP contribution < -0.4 is 11.1 Å². The highest BCUT2D eigenvalue weighted by atomic mass is 19.4. The van der Waals surface area contributed by atoms with E-state index in [-0.39, 0.29) is 17.9 Å². The van der Waals surface area contributed by atoms with E-state index in [1.807, 2.05) is 0 Å². The zero-order valence-electron chi connectivity index (χ0n) is 10.6. The van der Waals surface area contributed by atoms with E-state index in [9.17, 15) is 18.0 Å². The van der Waals surface area contributed by atoms with Gasteiger partial charge in [-0.1, -0.05) is 24.3 Å². The van der Waals surface area contributed by atoms with Crippen molar-refractivity contribution in [1.29, 1.82) is 0 Å². The standard InChI is InChI=1S/C12H14F3N3O2/c1-17-10(16)11(20)18-6-7-2-4-8(5-3-7)9(19)12(13,14)15/h2-5,9,19H,6H2,1H3,(H2,16,17)(H,18,20). The number of halogens is 3. The van der Waals surface area contributed by atoms with Crippen molar-refractivity contribution in [3.63, 3.8) is 0 Å². The molecule has 5 nitrogen and oxygen atoms in total. The number of nitrogens with two attached hydrogens (primary N) is 1. The molecule has 0 spiro atoms. The number of aliphatic hydroxyl groups is 1. The zero-order valence-corrected chi connectivity index (χ0v) is 10.6. The Morgan fingerprint density at radius 3 is 2.40 bits per heavy atom. The Balaban J connectivity index is 2.66. The molecular formula is C12H14F3N3O2. The van der Waals surface area contributed by atoms with Gasteiger partial charge in [0.05, 0.1) is 0 Å². The number of aliphatic hydroxyl groups excluding tert-OH is 1. The molecule has 0 bridgehead atoms. The van der Waals surface area contributed by atoms with Crippen LogP contribution in [-0.4, -0.2) is 30.1 Å². The van der Waals surface area contributed by atoms with E-state index < -0.39 is 18.2 Å². The number of amides is 1. The summed E-state index contributed by atoms with van der Waals surface area (Å²) in [6.45, 7) is 0.0947. The van der Waals surface area contributed by atoms with Gasteiger partial charge in [0, 0.05) is 13.6 Å². The van der Waals surface area contributed by atoms with Gasteiger partial charge in [0.25, 0.3) is 5.91 Å². The Labute approximate surface area is 113 Å². The highest BCUT2D eigenvalue weighted by molar-refractivity contribution is 6.37. The van der Waals surface area contributed by atoms with Gasteiger partial charge in [-0.25, -0.2) is 0 Å². The molecule has 4 N–H and O–H groups in total. The molecule has 1 rings (SSSR count). The summed E-state index contributed by atoms with van der Waals surface area (Å²) < 4.78 is 36.8. The molecule has 110 valence electrons. The van der Waals surface area contributed by atoms with Crippen LogP contribution in [0, 0.1) is 0 Å². The molecule has 0 aliphatic heterocycles. The molecule has 1 amide bonds. The van der Waals surface area contributed by atoms with Crippen molar-refractivity contribution in [2.75, 3.05) is 7.05 Å². The van der Waals surface area contributed by atoms with Crippen LogP contribution in [-0.2, 0) is 11.3 Å². The van der Waals surface area contributed by atoms with E-state index >= 15 is 0 Å². The molecule has 0 aliphatic rings. The first-order valence-electron chi connectivity index (χ1n) is 5.59. The second kappa shape index (κ2) is 6.38. The topological polar surface area (TPSA) is 87.7 Å². The fourth-order valence-electron chi connectivity index (χ4n) is 1.38. The number of nitrogens with one attached hydrogen (secondary N) is 1. The molecule has 0 saturated carbocycles. The number of alkyl halides is 3. The van der Waals surface area contributed by atoms with Crippen molar-refractivity contribution in [2.45, 2.75) is 18.8 Å². The summed E-state index contributed by atoms with van der Waals surface area (Å²) in [5.41, 5.74) is 5.58. The maximum absolute atomic E-state index is 12.3. The number of benzene rings is 1. The molecular weight excluding hydrogens is 275 g/mol. The average molecular weight is 289 g/mol. The minimum absolute atomic E-state index is 0.0947. The molecule has 0 radical (unpaired) electrons. The van der Waals surface area contributed by atoms with Crippen LogP contribution in [0.25, 0.3) is 0 Å². The second-order valence-corrected chi connectivity index (χ2v) is 3.98. The third kappa shape index (κ3) is 4.23. The molecule has 1 unspecified atom stereocenters. The van der Waals surface area contributed by atoms with Crippen LogP contribution in [0.3, 0.4) is 0 Å². The summed E-state index contributed by atoms with van der Waals surface area (Å²) in [6, 6.07) is 5.06. The number of aliphatic imine (C=N–C) groups is 1. The van der Waals surface area contributed by atoms with Crippen LogP contribution in [0.4, 0.5) is 13.2 Å². The Bertz CT molecular complexity index is 498. The normalized spacial score (nSPS) is 13.9. The largest absolute Gasteiger partial charge is 0.418 e. The molecule has 0 aromatic heterocycles. The number of hydrogen-bond donors (Lipinski definition) is 3. The van der Waals surface area contributed by atoms with E-state index in [0.29, 0.717) is 5.56 Å². The lowest BCUT2D eigenvalue weighted by Gasteiger charge is -2.15. The van der Waals surface area contributed by atoms with Gasteiger partial charge in [-0.2, -0.15) is 13.2 Å². The third-order valence-electron chi connectivity index (χ3n) is 2.53. The number of carbonyl (C=O) groups is 1. The Kier molecular flexibility index (Phi) is 5.09. The quantitative estimate of drug-likeness (QED) is 0.570. The van der Waals surface area contributed by atoms with Gasteiger partial charge < -0.3 is 16.2 Å². The molecule has 1 aromatic rings. The molecule has 8 heteroatoms. The lowest BCUT2D eigenvalue weighted by molar-refractivity contribution is -0.206. The van der Waals surface area contributed by atoms with Gasteiger partial charge in [-0.15, -0.1) is 0 Å². The molecule has 0 heterocycles. The maximum atomic E-state index is 12.3. The van der Waals surface area contributed by atoms with Crippen molar-refractivity contribution in [2.24, 2.45) is 10.7 Å². The predicted octanol–water partition coefficient (Wildman–Crippen LogP) is 0.886. The molecule has 20 heavy (non-hydrogen) atoms. The van der Waals surface area contributed by atoms with Crippen molar-refractivity contribution in [1.82, 2.24) is 5.32 Å². The Morgan fingerprint density at radius 1 is 1.40 bits per heavy atom. The highest BCUT2D eigenvalue weighted by Gasteiger charge is 2.39. The maximum Gasteiger partial charge on any atom is 0.418 e. The number of carbonyl (C=O) groups excluding carboxylic acids is 1. The second-order valence-electron chi connectivity index (χ2n) is 3.98. The van der Waals surface area contributed by atoms with Crippen LogP contribution in [0.5, 0.6) is 0 Å². The summed E-state index contributed by atoms with van der Waals surface area (Å²) >= 11 is 0. The fourth-order valence-corrected chi connectivity index (χ4v) is 1.38. The molecule has 1 aromatic carbocycles. The first-order valence-corrected chi connectivity index (χ1v) is 5.59. The first kappa shape index (κ1) is 16.0. The van der Waals surface area contributed by atoms with Crippen molar-refractivity contribution in [3.8, 4) is 0 Å². The third-order valence-corrected chi connectivity index (χ3v) is 2.53. The Morgan fingerprint density at radius 2 is 1.95 bits per heavy atom. The summed E-state index contributed by atoms with van der Waals surface area (Å²) in [7, 11) is 1.36. The SMILES string of the molecule is CN=C(N)C(=O)NCc1ccc(C(O)C(F)(F)F)cc1. The number of amidine groups is 1. The van der Waals surface area contributed by atoms with E-state index in [0.717, 1.165) is 12.1 Å². The van der Waals surface area contributed by atoms with Gasteiger partial charge in [0.2, 0.25) is 0 Å². The highest BCUT2D eigenvalue weighted by Crippen LogP contribution is 2.32. The first-order chi connectivity index (χ1) is 9.25. The summed E-state index contributed by atoms with van der Waals surface area (Å²) in [4.78, 5) is 14.8. The van der Waals surface area contributed by atoms with Crippen LogP contribution in [0.1, 0.15) is 17.2 Å². The molecule has 0 aliphatic carbocycles. The summed E-state index contributed by atoms with van der Waals surface area (Å²) in [5, 5.41) is 11.5. The van der Waals surface area contributed by atoms with Gasteiger partial charge in [0.1, 0.15) is 0 Å². The average Bonchev–Trinajstić information content (AvgIpc) is 2.42. The number of nitrogens with zero attached hydrogens (tertiary/aromatic N) is 1. The molecule has 0 saturated heterocycles. The lowest BCUT2D eigenvalue weighted by atomic mass is 10.1. The zero-order chi connectivity index (χ0) is 15.3. The van der Waals surface area contributed by atoms with Crippen molar-refractivity contribution >= 4 is 11.7 Å². The summed E-state index contributed by atoms with van der Waals surface area (Å²) in [5.74, 6) is -0.749. The predicted molar refractivity (Wildman–Crippen MR) is 66.8 cm³/mol. The van der Waals surface area contributed by atoms with Gasteiger partial charge in [0.15, 0.2) is 11.9 Å². The molecule has 0 fully saturated rings. The van der Waals surface area contributed by atoms with Crippen LogP contribution in [0.15, 0.2) is 29.3 Å². The minimum Gasteiger partial charge on any atom is -0.379 e. The number of rotatable bonds is 3. The molecule has 1 atom stereocenters. The van der Waals surface area contributed by atoms with E-state index in [4.69, 9.17) is 10.8 Å². The summed E-state index contributed by atoms with van der Waals surface area (Å²) in [6.07, 6.45) is -7.23. The van der Waals surface area contributed by atoms with E-state index in [1.165, 1.54) is 19.2 Å². The van der Waals surface area contributed by atoms with Crippen molar-refractivity contribution < 1.29 is 23.1 Å². The van der Waals surface area contributed by atoms with E-state index in [2.05, 4.69) is 10.3 Å². The number of hydrogen-bond acceptors (Lipinski definition) is 3. The fraction of sp³-hybridized carbons (Fsp3) is 0.333. The van der Waals surface area contributed by atoms with Gasteiger partial charge in [-0.3, -0.25) is 9.79 Å². The van der Waals surface area contributed by atoms with Gasteiger partial charge >= 0.3 is 6.18 Å². The minimum atomic E-state index is -4.71.